The van der Waals surface area contributed by atoms with Gasteiger partial charge in [0.25, 0.3) is 0 Å². The molecule has 1 aliphatic rings. The van der Waals surface area contributed by atoms with E-state index in [0.29, 0.717) is 0 Å². The molecule has 1 aromatic rings. The molecule has 16 heavy (non-hydrogen) atoms. The molecule has 1 aliphatic heterocycles. The lowest BCUT2D eigenvalue weighted by atomic mass is 9.99. The molecule has 1 nitrogen and oxygen atoms in total. The number of hydrogen-bond acceptors (Lipinski definition) is 1. The van der Waals surface area contributed by atoms with Crippen LogP contribution in [-0.4, -0.2) is 18.0 Å². The van der Waals surface area contributed by atoms with Crippen molar-refractivity contribution in [3.05, 3.63) is 35.4 Å². The van der Waals surface area contributed by atoms with Gasteiger partial charge in [0.05, 0.1) is 0 Å². The van der Waals surface area contributed by atoms with Gasteiger partial charge in [-0.25, -0.2) is 0 Å². The first-order valence-electron chi connectivity index (χ1n) is 6.55. The van der Waals surface area contributed by atoms with Gasteiger partial charge in [-0.15, -0.1) is 0 Å². The van der Waals surface area contributed by atoms with Crippen molar-refractivity contribution in [2.75, 3.05) is 13.1 Å². The average Bonchev–Trinajstić information content (AvgIpc) is 2.28. The van der Waals surface area contributed by atoms with Crippen molar-refractivity contribution in [1.29, 1.82) is 0 Å². The van der Waals surface area contributed by atoms with Crippen LogP contribution in [0.5, 0.6) is 0 Å². The van der Waals surface area contributed by atoms with Crippen LogP contribution in [0.3, 0.4) is 0 Å². The van der Waals surface area contributed by atoms with Crippen molar-refractivity contribution in [2.45, 2.75) is 39.7 Å². The van der Waals surface area contributed by atoms with Crippen molar-refractivity contribution in [3.63, 3.8) is 0 Å². The highest BCUT2D eigenvalue weighted by molar-refractivity contribution is 5.28. The van der Waals surface area contributed by atoms with Crippen molar-refractivity contribution in [1.82, 2.24) is 4.90 Å². The summed E-state index contributed by atoms with van der Waals surface area (Å²) < 4.78 is 0. The molecule has 0 aliphatic carbocycles. The predicted octanol–water partition coefficient (Wildman–Crippen LogP) is 3.48. The first-order chi connectivity index (χ1) is 7.75. The quantitative estimate of drug-likeness (QED) is 0.746. The minimum absolute atomic E-state index is 0.845. The first-order valence-corrected chi connectivity index (χ1v) is 6.55. The van der Waals surface area contributed by atoms with Crippen LogP contribution in [0, 0.1) is 5.92 Å². The molecule has 0 radical (unpaired) electrons. The fourth-order valence-electron chi connectivity index (χ4n) is 2.47. The predicted molar refractivity (Wildman–Crippen MR) is 69.5 cm³/mol. The summed E-state index contributed by atoms with van der Waals surface area (Å²) in [5.41, 5.74) is 3.10. The van der Waals surface area contributed by atoms with Crippen LogP contribution in [0.1, 0.15) is 37.8 Å². The van der Waals surface area contributed by atoms with Crippen LogP contribution in [0.2, 0.25) is 0 Å². The molecule has 0 amide bonds. The van der Waals surface area contributed by atoms with Gasteiger partial charge in [-0.05, 0) is 42.9 Å². The highest BCUT2D eigenvalue weighted by atomic mass is 15.1. The minimum atomic E-state index is 0.845. The fraction of sp³-hybridized carbons (Fsp3) is 0.600. The van der Waals surface area contributed by atoms with E-state index in [1.54, 1.807) is 11.1 Å². The Balaban J connectivity index is 1.83. The maximum absolute atomic E-state index is 2.60. The van der Waals surface area contributed by atoms with Gasteiger partial charge in [0.1, 0.15) is 0 Å². The van der Waals surface area contributed by atoms with Gasteiger partial charge in [0, 0.05) is 13.1 Å². The summed E-state index contributed by atoms with van der Waals surface area (Å²) in [7, 11) is 0. The van der Waals surface area contributed by atoms with E-state index in [9.17, 15) is 0 Å². The van der Waals surface area contributed by atoms with E-state index in [1.807, 2.05) is 0 Å². The summed E-state index contributed by atoms with van der Waals surface area (Å²) in [5, 5.41) is 0. The van der Waals surface area contributed by atoms with Crippen LogP contribution in [-0.2, 0) is 13.0 Å². The van der Waals surface area contributed by atoms with Gasteiger partial charge >= 0.3 is 0 Å². The minimum Gasteiger partial charge on any atom is -0.299 e. The molecular formula is C15H23N. The number of fused-ring (bicyclic) bond motifs is 1. The molecule has 0 saturated heterocycles. The molecule has 0 N–H and O–H groups in total. The summed E-state index contributed by atoms with van der Waals surface area (Å²) in [4.78, 5) is 2.60. The molecule has 0 unspecified atom stereocenters. The SMILES string of the molecule is CC(C)CCCN1CCc2ccccc2C1. The van der Waals surface area contributed by atoms with Crippen molar-refractivity contribution in [3.8, 4) is 0 Å². The Morgan fingerprint density at radius 2 is 1.94 bits per heavy atom. The second-order valence-corrected chi connectivity index (χ2v) is 5.33. The normalized spacial score (nSPS) is 16.4. The molecular weight excluding hydrogens is 194 g/mol. The Hall–Kier alpha value is -0.820. The number of benzene rings is 1. The third-order valence-corrected chi connectivity index (χ3v) is 3.47. The van der Waals surface area contributed by atoms with Gasteiger partial charge in [-0.2, -0.15) is 0 Å². The summed E-state index contributed by atoms with van der Waals surface area (Å²) in [6.07, 6.45) is 3.94. The molecule has 1 heteroatoms. The van der Waals surface area contributed by atoms with Gasteiger partial charge in [0.2, 0.25) is 0 Å². The molecule has 0 spiro atoms. The van der Waals surface area contributed by atoms with E-state index in [1.165, 1.54) is 32.4 Å². The van der Waals surface area contributed by atoms with E-state index in [-0.39, 0.29) is 0 Å². The maximum atomic E-state index is 2.60. The lowest BCUT2D eigenvalue weighted by Crippen LogP contribution is -2.31. The first kappa shape index (κ1) is 11.7. The second kappa shape index (κ2) is 5.49. The standard InChI is InChI=1S/C15H23N/c1-13(2)6-5-10-16-11-9-14-7-3-4-8-15(14)12-16/h3-4,7-8,13H,5-6,9-12H2,1-2H3. The molecule has 0 fully saturated rings. The van der Waals surface area contributed by atoms with Gasteiger partial charge < -0.3 is 0 Å². The van der Waals surface area contributed by atoms with Crippen LogP contribution in [0.25, 0.3) is 0 Å². The summed E-state index contributed by atoms with van der Waals surface area (Å²) in [6.45, 7) is 8.30. The van der Waals surface area contributed by atoms with Gasteiger partial charge in [0.15, 0.2) is 0 Å². The number of nitrogens with zero attached hydrogens (tertiary/aromatic N) is 1. The summed E-state index contributed by atoms with van der Waals surface area (Å²) in [5.74, 6) is 0.845. The van der Waals surface area contributed by atoms with Crippen molar-refractivity contribution < 1.29 is 0 Å². The summed E-state index contributed by atoms with van der Waals surface area (Å²) in [6, 6.07) is 8.88. The fourth-order valence-corrected chi connectivity index (χ4v) is 2.47. The molecule has 1 heterocycles. The lowest BCUT2D eigenvalue weighted by molar-refractivity contribution is 0.244. The maximum Gasteiger partial charge on any atom is 0.0236 e. The van der Waals surface area contributed by atoms with Crippen LogP contribution < -0.4 is 0 Å². The average molecular weight is 217 g/mol. The Bertz CT molecular complexity index is 330. The number of hydrogen-bond donors (Lipinski definition) is 0. The van der Waals surface area contributed by atoms with Gasteiger partial charge in [-0.3, -0.25) is 4.90 Å². The van der Waals surface area contributed by atoms with Crippen molar-refractivity contribution >= 4 is 0 Å². The van der Waals surface area contributed by atoms with E-state index in [0.717, 1.165) is 12.5 Å². The van der Waals surface area contributed by atoms with Crippen LogP contribution in [0.15, 0.2) is 24.3 Å². The molecule has 88 valence electrons. The molecule has 0 atom stereocenters. The molecule has 0 saturated carbocycles. The third-order valence-electron chi connectivity index (χ3n) is 3.47. The Morgan fingerprint density at radius 3 is 2.69 bits per heavy atom. The highest BCUT2D eigenvalue weighted by Gasteiger charge is 2.14. The van der Waals surface area contributed by atoms with Crippen molar-refractivity contribution in [2.24, 2.45) is 5.92 Å². The van der Waals surface area contributed by atoms with Crippen LogP contribution in [0.4, 0.5) is 0 Å². The molecule has 2 rings (SSSR count). The number of rotatable bonds is 4. The Labute approximate surface area is 99.5 Å². The van der Waals surface area contributed by atoms with E-state index in [2.05, 4.69) is 43.0 Å². The zero-order valence-corrected chi connectivity index (χ0v) is 10.6. The van der Waals surface area contributed by atoms with Gasteiger partial charge in [-0.1, -0.05) is 38.1 Å². The third kappa shape index (κ3) is 3.08. The largest absolute Gasteiger partial charge is 0.299 e. The summed E-state index contributed by atoms with van der Waals surface area (Å²) >= 11 is 0. The van der Waals surface area contributed by atoms with Crippen LogP contribution >= 0.6 is 0 Å². The smallest absolute Gasteiger partial charge is 0.0236 e. The molecule has 1 aromatic carbocycles. The van der Waals surface area contributed by atoms with E-state index in [4.69, 9.17) is 0 Å². The topological polar surface area (TPSA) is 3.24 Å². The molecule has 0 bridgehead atoms. The lowest BCUT2D eigenvalue weighted by Gasteiger charge is -2.28. The highest BCUT2D eigenvalue weighted by Crippen LogP contribution is 2.19. The Kier molecular flexibility index (Phi) is 4.00. The molecule has 0 aromatic heterocycles. The van der Waals surface area contributed by atoms with E-state index >= 15 is 0 Å². The zero-order valence-electron chi connectivity index (χ0n) is 10.6. The second-order valence-electron chi connectivity index (χ2n) is 5.33. The van der Waals surface area contributed by atoms with E-state index < -0.39 is 0 Å². The zero-order chi connectivity index (χ0) is 11.4. The Morgan fingerprint density at radius 1 is 1.19 bits per heavy atom. The monoisotopic (exact) mass is 217 g/mol.